The van der Waals surface area contributed by atoms with Crippen LogP contribution in [0.4, 0.5) is 5.69 Å². The number of piperazine rings is 1. The third kappa shape index (κ3) is 6.20. The van der Waals surface area contributed by atoms with Crippen LogP contribution in [0.2, 0.25) is 5.02 Å². The van der Waals surface area contributed by atoms with Crippen LogP contribution in [0.25, 0.3) is 11.2 Å². The normalized spacial score (nSPS) is 14.1. The first-order valence-corrected chi connectivity index (χ1v) is 11.4. The lowest BCUT2D eigenvalue weighted by Gasteiger charge is -2.36. The van der Waals surface area contributed by atoms with Crippen molar-refractivity contribution in [2.75, 3.05) is 37.6 Å². The number of anilines is 1. The van der Waals surface area contributed by atoms with Crippen molar-refractivity contribution in [3.8, 4) is 0 Å². The van der Waals surface area contributed by atoms with Gasteiger partial charge in [0.1, 0.15) is 0 Å². The first kappa shape index (κ1) is 26.7. The molecule has 192 valence electrons. The Balaban J connectivity index is 0.000000392. The lowest BCUT2D eigenvalue weighted by molar-refractivity contribution is -0.134. The van der Waals surface area contributed by atoms with E-state index in [1.165, 1.54) is 11.6 Å². The van der Waals surface area contributed by atoms with Crippen molar-refractivity contribution >= 4 is 40.4 Å². The Hall–Kier alpha value is -3.90. The monoisotopic (exact) mass is 518 g/mol. The van der Waals surface area contributed by atoms with Gasteiger partial charge in [0.15, 0.2) is 11.2 Å². The Bertz CT molecular complexity index is 1380. The van der Waals surface area contributed by atoms with E-state index in [1.807, 2.05) is 22.8 Å². The number of benzene rings is 1. The molecular formula is C23H27ClN6O6. The molecule has 1 aliphatic heterocycles. The van der Waals surface area contributed by atoms with E-state index in [2.05, 4.69) is 20.9 Å². The summed E-state index contributed by atoms with van der Waals surface area (Å²) in [6.45, 7) is 5.13. The summed E-state index contributed by atoms with van der Waals surface area (Å²) < 4.78 is 4.38. The third-order valence-electron chi connectivity index (χ3n) is 5.81. The largest absolute Gasteiger partial charge is 0.478 e. The summed E-state index contributed by atoms with van der Waals surface area (Å²) >= 11 is 6.31. The maximum absolute atomic E-state index is 12.5. The summed E-state index contributed by atoms with van der Waals surface area (Å²) in [7, 11) is 3.13. The summed E-state index contributed by atoms with van der Waals surface area (Å²) in [5.41, 5.74) is 1.31. The van der Waals surface area contributed by atoms with E-state index in [1.54, 1.807) is 13.4 Å². The molecule has 0 radical (unpaired) electrons. The topological polar surface area (TPSA) is 143 Å². The molecule has 1 saturated heterocycles. The zero-order valence-corrected chi connectivity index (χ0v) is 20.6. The van der Waals surface area contributed by atoms with Crippen molar-refractivity contribution in [2.24, 2.45) is 14.1 Å². The van der Waals surface area contributed by atoms with Gasteiger partial charge in [0.25, 0.3) is 5.56 Å². The number of carboxylic acids is 2. The number of aliphatic carboxylic acids is 2. The zero-order chi connectivity index (χ0) is 26.4. The molecule has 0 aliphatic carbocycles. The van der Waals surface area contributed by atoms with Crippen LogP contribution in [0, 0.1) is 0 Å². The molecule has 0 bridgehead atoms. The number of carbonyl (C=O) groups is 2. The second kappa shape index (κ2) is 11.7. The van der Waals surface area contributed by atoms with Crippen LogP contribution < -0.4 is 16.1 Å². The first-order valence-electron chi connectivity index (χ1n) is 11.1. The fraction of sp³-hybridized carbons (Fsp3) is 0.348. The van der Waals surface area contributed by atoms with Crippen LogP contribution in [-0.4, -0.2) is 78.5 Å². The van der Waals surface area contributed by atoms with Gasteiger partial charge in [0.05, 0.1) is 17.0 Å². The third-order valence-corrected chi connectivity index (χ3v) is 6.13. The summed E-state index contributed by atoms with van der Waals surface area (Å²) in [5, 5.41) is 16.4. The van der Waals surface area contributed by atoms with E-state index in [4.69, 9.17) is 21.8 Å². The number of nitrogens with zero attached hydrogens (tertiary/aromatic N) is 6. The minimum absolute atomic E-state index is 0.306. The van der Waals surface area contributed by atoms with Crippen LogP contribution in [0.15, 0.2) is 52.3 Å². The Morgan fingerprint density at radius 2 is 1.58 bits per heavy atom. The van der Waals surface area contributed by atoms with Gasteiger partial charge >= 0.3 is 17.6 Å². The molecule has 0 unspecified atom stereocenters. The quantitative estimate of drug-likeness (QED) is 0.449. The lowest BCUT2D eigenvalue weighted by atomic mass is 10.2. The number of hydrogen-bond acceptors (Lipinski definition) is 7. The van der Waals surface area contributed by atoms with Crippen molar-refractivity contribution in [3.05, 3.63) is 68.6 Å². The molecule has 12 nitrogen and oxygen atoms in total. The molecule has 1 fully saturated rings. The molecule has 3 aromatic rings. The number of rotatable bonds is 6. The Kier molecular flexibility index (Phi) is 8.67. The average molecular weight is 519 g/mol. The molecule has 1 aliphatic rings. The molecule has 4 rings (SSSR count). The maximum atomic E-state index is 12.5. The van der Waals surface area contributed by atoms with Crippen LogP contribution >= 0.6 is 11.6 Å². The molecule has 13 heteroatoms. The fourth-order valence-electron chi connectivity index (χ4n) is 3.88. The van der Waals surface area contributed by atoms with Gasteiger partial charge in [-0.15, -0.1) is 0 Å². The van der Waals surface area contributed by atoms with Gasteiger partial charge in [-0.1, -0.05) is 23.7 Å². The Morgan fingerprint density at radius 1 is 0.972 bits per heavy atom. The predicted molar refractivity (Wildman–Crippen MR) is 135 cm³/mol. The van der Waals surface area contributed by atoms with Crippen molar-refractivity contribution in [2.45, 2.75) is 6.54 Å². The number of carboxylic acid groups (broad SMARTS) is 2. The molecule has 1 aromatic carbocycles. The summed E-state index contributed by atoms with van der Waals surface area (Å²) in [6.07, 6.45) is 2.76. The highest BCUT2D eigenvalue weighted by Crippen LogP contribution is 2.26. The minimum atomic E-state index is -1.26. The standard InChI is InChI=1S/C19H23ClN6O2.C4H4O4/c1-22-17-16(18(27)23(2)19(22)28)26(13-21-17)12-9-24-7-10-25(11-8-24)15-6-4-3-5-14(15)20;5-3(6)1-2-4(7)8/h3-6,13H,7-12H2,1-2H3;1-2H,(H,5,6)(H,7,8)/b;2-1-. The van der Waals surface area contributed by atoms with Gasteiger partial charge in [0, 0.05) is 65.5 Å². The van der Waals surface area contributed by atoms with Gasteiger partial charge in [-0.05, 0) is 12.1 Å². The second-order valence-electron chi connectivity index (χ2n) is 8.11. The molecule has 0 spiro atoms. The molecule has 3 heterocycles. The number of aromatic nitrogens is 4. The van der Waals surface area contributed by atoms with E-state index in [0.29, 0.717) is 29.9 Å². The highest BCUT2D eigenvalue weighted by atomic mass is 35.5. The van der Waals surface area contributed by atoms with Gasteiger partial charge in [-0.2, -0.15) is 0 Å². The van der Waals surface area contributed by atoms with E-state index >= 15 is 0 Å². The van der Waals surface area contributed by atoms with Crippen molar-refractivity contribution in [1.82, 2.24) is 23.6 Å². The Morgan fingerprint density at radius 3 is 2.17 bits per heavy atom. The van der Waals surface area contributed by atoms with Crippen LogP contribution in [0.3, 0.4) is 0 Å². The highest BCUT2D eigenvalue weighted by molar-refractivity contribution is 6.33. The fourth-order valence-corrected chi connectivity index (χ4v) is 4.13. The number of fused-ring (bicyclic) bond motifs is 1. The molecule has 0 saturated carbocycles. The smallest absolute Gasteiger partial charge is 0.332 e. The van der Waals surface area contributed by atoms with Crippen molar-refractivity contribution < 1.29 is 19.8 Å². The van der Waals surface area contributed by atoms with Crippen LogP contribution in [0.1, 0.15) is 0 Å². The van der Waals surface area contributed by atoms with Gasteiger partial charge in [-0.25, -0.2) is 19.4 Å². The average Bonchev–Trinajstić information content (AvgIpc) is 3.29. The predicted octanol–water partition coefficient (Wildman–Crippen LogP) is 0.621. The van der Waals surface area contributed by atoms with Gasteiger partial charge in [0.2, 0.25) is 0 Å². The minimum Gasteiger partial charge on any atom is -0.478 e. The lowest BCUT2D eigenvalue weighted by Crippen LogP contribution is -2.47. The van der Waals surface area contributed by atoms with Gasteiger partial charge in [-0.3, -0.25) is 18.8 Å². The van der Waals surface area contributed by atoms with E-state index in [-0.39, 0.29) is 11.2 Å². The second-order valence-corrected chi connectivity index (χ2v) is 8.51. The van der Waals surface area contributed by atoms with E-state index in [0.717, 1.165) is 48.0 Å². The molecule has 2 N–H and O–H groups in total. The SMILES string of the molecule is Cn1c(=O)c2c(ncn2CCN2CCN(c3ccccc3Cl)CC2)n(C)c1=O.O=C(O)/C=C\C(=O)O. The molecular weight excluding hydrogens is 492 g/mol. The summed E-state index contributed by atoms with van der Waals surface area (Å²) in [5.74, 6) is -2.51. The van der Waals surface area contributed by atoms with Crippen LogP contribution in [-0.2, 0) is 30.2 Å². The first-order chi connectivity index (χ1) is 17.1. The van der Waals surface area contributed by atoms with Crippen LogP contribution in [0.5, 0.6) is 0 Å². The number of para-hydroxylation sites is 1. The van der Waals surface area contributed by atoms with Crippen molar-refractivity contribution in [3.63, 3.8) is 0 Å². The van der Waals surface area contributed by atoms with Gasteiger partial charge < -0.3 is 19.7 Å². The summed E-state index contributed by atoms with van der Waals surface area (Å²) in [4.78, 5) is 52.6. The summed E-state index contributed by atoms with van der Waals surface area (Å²) in [6, 6.07) is 7.92. The Labute approximate surface area is 210 Å². The number of halogens is 1. The van der Waals surface area contributed by atoms with E-state index in [9.17, 15) is 19.2 Å². The highest BCUT2D eigenvalue weighted by Gasteiger charge is 2.19. The molecule has 2 aromatic heterocycles. The molecule has 0 atom stereocenters. The van der Waals surface area contributed by atoms with E-state index < -0.39 is 11.9 Å². The van der Waals surface area contributed by atoms with Crippen molar-refractivity contribution in [1.29, 1.82) is 0 Å². The molecule has 36 heavy (non-hydrogen) atoms. The molecule has 0 amide bonds. The maximum Gasteiger partial charge on any atom is 0.332 e. The zero-order valence-electron chi connectivity index (χ0n) is 19.9. The number of imidazole rings is 1. The number of hydrogen-bond donors (Lipinski definition) is 2. The number of aryl methyl sites for hydroxylation is 1.